The molecule has 0 aliphatic carbocycles. The molecule has 1 amide bonds. The number of rotatable bonds is 3. The highest BCUT2D eigenvalue weighted by Crippen LogP contribution is 2.30. The Morgan fingerprint density at radius 1 is 1.00 bits per heavy atom. The van der Waals surface area contributed by atoms with Crippen molar-refractivity contribution in [2.24, 2.45) is 5.41 Å². The van der Waals surface area contributed by atoms with Crippen LogP contribution in [0.15, 0.2) is 0 Å². The number of aliphatic carboxylic acids is 1. The normalized spacial score (nSPS) is 13.1. The Labute approximate surface area is 103 Å². The van der Waals surface area contributed by atoms with Crippen LogP contribution in [0.3, 0.4) is 0 Å². The summed E-state index contributed by atoms with van der Waals surface area (Å²) in [4.78, 5) is 22.8. The molecule has 0 saturated carbocycles. The van der Waals surface area contributed by atoms with Crippen molar-refractivity contribution in [2.45, 2.75) is 59.6 Å². The van der Waals surface area contributed by atoms with Gasteiger partial charge in [-0.25, -0.2) is 4.79 Å². The van der Waals surface area contributed by atoms with Gasteiger partial charge in [0, 0.05) is 0 Å². The number of nitrogens with one attached hydrogen (secondary N) is 1. The molecule has 0 aromatic heterocycles. The van der Waals surface area contributed by atoms with Crippen LogP contribution in [0.4, 0.5) is 4.79 Å². The van der Waals surface area contributed by atoms with Gasteiger partial charge in [0.1, 0.15) is 5.60 Å². The summed E-state index contributed by atoms with van der Waals surface area (Å²) in [5.41, 5.74) is -2.61. The van der Waals surface area contributed by atoms with Crippen molar-refractivity contribution >= 4 is 12.1 Å². The first-order valence-corrected chi connectivity index (χ1v) is 5.54. The summed E-state index contributed by atoms with van der Waals surface area (Å²) in [7, 11) is 0. The van der Waals surface area contributed by atoms with Gasteiger partial charge in [-0.3, -0.25) is 4.79 Å². The Bertz CT molecular complexity index is 313. The van der Waals surface area contributed by atoms with Gasteiger partial charge >= 0.3 is 12.1 Å². The van der Waals surface area contributed by atoms with E-state index in [-0.39, 0.29) is 0 Å². The van der Waals surface area contributed by atoms with Gasteiger partial charge in [0.25, 0.3) is 0 Å². The van der Waals surface area contributed by atoms with Crippen molar-refractivity contribution in [1.82, 2.24) is 5.32 Å². The topological polar surface area (TPSA) is 75.6 Å². The number of carbonyl (C=O) groups excluding carboxylic acids is 1. The molecule has 0 unspecified atom stereocenters. The van der Waals surface area contributed by atoms with Crippen LogP contribution in [-0.4, -0.2) is 28.3 Å². The smallest absolute Gasteiger partial charge is 0.408 e. The Kier molecular flexibility index (Phi) is 4.21. The lowest BCUT2D eigenvalue weighted by atomic mass is 9.74. The lowest BCUT2D eigenvalue weighted by Gasteiger charge is -2.38. The van der Waals surface area contributed by atoms with E-state index in [4.69, 9.17) is 9.84 Å². The van der Waals surface area contributed by atoms with E-state index in [2.05, 4.69) is 5.32 Å². The van der Waals surface area contributed by atoms with Gasteiger partial charge in [-0.05, 0) is 48.5 Å². The van der Waals surface area contributed by atoms with E-state index in [1.54, 1.807) is 48.5 Å². The Hall–Kier alpha value is -1.26. The van der Waals surface area contributed by atoms with Crippen LogP contribution in [0.1, 0.15) is 48.5 Å². The molecule has 5 nitrogen and oxygen atoms in total. The van der Waals surface area contributed by atoms with Crippen LogP contribution < -0.4 is 5.32 Å². The maximum absolute atomic E-state index is 11.6. The monoisotopic (exact) mass is 245 g/mol. The average Bonchev–Trinajstić information content (AvgIpc) is 1.97. The number of alkyl carbamates (subject to hydrolysis) is 1. The molecule has 0 atom stereocenters. The fourth-order valence-electron chi connectivity index (χ4n) is 0.982. The summed E-state index contributed by atoms with van der Waals surface area (Å²) >= 11 is 0. The largest absolute Gasteiger partial charge is 0.481 e. The third-order valence-electron chi connectivity index (χ3n) is 2.91. The summed E-state index contributed by atoms with van der Waals surface area (Å²) in [5, 5.41) is 11.7. The number of carboxylic acid groups (broad SMARTS) is 1. The van der Waals surface area contributed by atoms with Crippen LogP contribution in [-0.2, 0) is 9.53 Å². The van der Waals surface area contributed by atoms with Gasteiger partial charge < -0.3 is 15.2 Å². The van der Waals surface area contributed by atoms with Crippen molar-refractivity contribution < 1.29 is 19.4 Å². The Morgan fingerprint density at radius 2 is 1.41 bits per heavy atom. The number of carboxylic acids is 1. The highest BCUT2D eigenvalue weighted by Gasteiger charge is 2.45. The number of hydrogen-bond donors (Lipinski definition) is 2. The van der Waals surface area contributed by atoms with Crippen molar-refractivity contribution in [1.29, 1.82) is 0 Å². The summed E-state index contributed by atoms with van der Waals surface area (Å²) in [6, 6.07) is 0. The minimum absolute atomic E-state index is 0.604. The van der Waals surface area contributed by atoms with Crippen LogP contribution in [0.2, 0.25) is 0 Å². The third-order valence-corrected chi connectivity index (χ3v) is 2.91. The SMILES string of the molecule is CC(C)(C)OC(=O)NC(C)(C)C(C)(C)C(=O)O. The molecule has 0 radical (unpaired) electrons. The van der Waals surface area contributed by atoms with Crippen molar-refractivity contribution in [2.75, 3.05) is 0 Å². The van der Waals surface area contributed by atoms with Crippen molar-refractivity contribution in [3.63, 3.8) is 0 Å². The average molecular weight is 245 g/mol. The summed E-state index contributed by atoms with van der Waals surface area (Å²) in [6.07, 6.45) is -0.614. The molecule has 0 rings (SSSR count). The molecule has 17 heavy (non-hydrogen) atoms. The van der Waals surface area contributed by atoms with E-state index in [0.29, 0.717) is 0 Å². The first-order valence-electron chi connectivity index (χ1n) is 5.54. The second-order valence-electron chi connectivity index (χ2n) is 6.18. The lowest BCUT2D eigenvalue weighted by Crippen LogP contribution is -2.57. The predicted octanol–water partition coefficient (Wildman–Crippen LogP) is 2.40. The highest BCUT2D eigenvalue weighted by atomic mass is 16.6. The lowest BCUT2D eigenvalue weighted by molar-refractivity contribution is -0.150. The van der Waals surface area contributed by atoms with E-state index in [0.717, 1.165) is 0 Å². The molecule has 0 aromatic rings. The fraction of sp³-hybridized carbons (Fsp3) is 0.833. The van der Waals surface area contributed by atoms with Gasteiger partial charge in [-0.1, -0.05) is 0 Å². The van der Waals surface area contributed by atoms with Crippen molar-refractivity contribution in [3.05, 3.63) is 0 Å². The van der Waals surface area contributed by atoms with Gasteiger partial charge in [0.05, 0.1) is 11.0 Å². The van der Waals surface area contributed by atoms with Gasteiger partial charge in [-0.2, -0.15) is 0 Å². The maximum atomic E-state index is 11.6. The number of amides is 1. The molecule has 0 bridgehead atoms. The molecule has 5 heteroatoms. The summed E-state index contributed by atoms with van der Waals surface area (Å²) < 4.78 is 5.11. The predicted molar refractivity (Wildman–Crippen MR) is 64.9 cm³/mol. The van der Waals surface area contributed by atoms with Crippen LogP contribution in [0, 0.1) is 5.41 Å². The van der Waals surface area contributed by atoms with Gasteiger partial charge in [0.2, 0.25) is 0 Å². The van der Waals surface area contributed by atoms with Crippen LogP contribution in [0.25, 0.3) is 0 Å². The molecule has 0 saturated heterocycles. The molecule has 0 aliphatic heterocycles. The minimum Gasteiger partial charge on any atom is -0.481 e. The van der Waals surface area contributed by atoms with E-state index >= 15 is 0 Å². The molecule has 100 valence electrons. The van der Waals surface area contributed by atoms with E-state index < -0.39 is 28.6 Å². The Balaban J connectivity index is 4.78. The third kappa shape index (κ3) is 4.24. The molecule has 0 heterocycles. The highest BCUT2D eigenvalue weighted by molar-refractivity contribution is 5.77. The van der Waals surface area contributed by atoms with Crippen LogP contribution >= 0.6 is 0 Å². The van der Waals surface area contributed by atoms with Crippen LogP contribution in [0.5, 0.6) is 0 Å². The summed E-state index contributed by atoms with van der Waals surface area (Å²) in [5.74, 6) is -0.974. The van der Waals surface area contributed by atoms with E-state index in [9.17, 15) is 9.59 Å². The standard InChI is InChI=1S/C12H23NO4/c1-10(2,3)17-9(16)13-12(6,7)11(4,5)8(14)15/h1-7H3,(H,13,16)(H,14,15). The molecular formula is C12H23NO4. The first-order chi connectivity index (χ1) is 7.29. The second kappa shape index (κ2) is 4.55. The second-order valence-corrected chi connectivity index (χ2v) is 6.18. The molecule has 0 fully saturated rings. The number of carbonyl (C=O) groups is 2. The molecule has 0 aromatic carbocycles. The van der Waals surface area contributed by atoms with E-state index in [1.807, 2.05) is 0 Å². The molecule has 0 spiro atoms. The van der Waals surface area contributed by atoms with Gasteiger partial charge in [-0.15, -0.1) is 0 Å². The Morgan fingerprint density at radius 3 is 1.71 bits per heavy atom. The number of hydrogen-bond acceptors (Lipinski definition) is 3. The van der Waals surface area contributed by atoms with Gasteiger partial charge in [0.15, 0.2) is 0 Å². The zero-order valence-corrected chi connectivity index (χ0v) is 11.7. The fourth-order valence-corrected chi connectivity index (χ4v) is 0.982. The summed E-state index contributed by atoms with van der Waals surface area (Å²) in [6.45, 7) is 11.7. The quantitative estimate of drug-likeness (QED) is 0.800. The number of ether oxygens (including phenoxy) is 1. The molecular weight excluding hydrogens is 222 g/mol. The zero-order chi connectivity index (χ0) is 14.1. The first kappa shape index (κ1) is 15.7. The van der Waals surface area contributed by atoms with E-state index in [1.165, 1.54) is 0 Å². The maximum Gasteiger partial charge on any atom is 0.408 e. The minimum atomic E-state index is -1.09. The zero-order valence-electron chi connectivity index (χ0n) is 11.7. The molecule has 0 aliphatic rings. The van der Waals surface area contributed by atoms with Crippen molar-refractivity contribution in [3.8, 4) is 0 Å². The molecule has 2 N–H and O–H groups in total.